The summed E-state index contributed by atoms with van der Waals surface area (Å²) in [5.41, 5.74) is 6.03. The molecule has 3 rings (SSSR count). The third-order valence-corrected chi connectivity index (χ3v) is 5.75. The molecule has 4 nitrogen and oxygen atoms in total. The zero-order valence-electron chi connectivity index (χ0n) is 14.1. The monoisotopic (exact) mass is 365 g/mol. The number of likely N-dealkylation sites (tertiary alicyclic amines) is 2. The van der Waals surface area contributed by atoms with Gasteiger partial charge in [-0.25, -0.2) is 0 Å². The van der Waals surface area contributed by atoms with Crippen molar-refractivity contribution in [2.24, 2.45) is 11.7 Å². The Hall–Kier alpha value is -0.0300. The summed E-state index contributed by atoms with van der Waals surface area (Å²) in [5.74, 6) is 0.600. The maximum absolute atomic E-state index is 12.6. The molecule has 1 aliphatic carbocycles. The first-order valence-electron chi connectivity index (χ1n) is 9.02. The Labute approximate surface area is 153 Å². The first kappa shape index (κ1) is 21.0. The molecule has 6 heteroatoms. The summed E-state index contributed by atoms with van der Waals surface area (Å²) in [6, 6.07) is 0.974. The predicted molar refractivity (Wildman–Crippen MR) is 99.5 cm³/mol. The van der Waals surface area contributed by atoms with Gasteiger partial charge in [0.2, 0.25) is 5.91 Å². The molecule has 3 fully saturated rings. The molecule has 0 radical (unpaired) electrons. The molecular weight excluding hydrogens is 333 g/mol. The van der Waals surface area contributed by atoms with E-state index in [2.05, 4.69) is 9.80 Å². The van der Waals surface area contributed by atoms with Crippen LogP contribution in [0.5, 0.6) is 0 Å². The zero-order chi connectivity index (χ0) is 14.7. The minimum Gasteiger partial charge on any atom is -0.342 e. The number of rotatable bonds is 2. The smallest absolute Gasteiger partial charge is 0.225 e. The fourth-order valence-corrected chi connectivity index (χ4v) is 4.44. The fraction of sp³-hybridized carbons (Fsp3) is 0.941. The van der Waals surface area contributed by atoms with Crippen LogP contribution in [0, 0.1) is 5.92 Å². The Balaban J connectivity index is 0.00000132. The Morgan fingerprint density at radius 3 is 2.09 bits per heavy atom. The first-order chi connectivity index (χ1) is 10.2. The topological polar surface area (TPSA) is 49.6 Å². The zero-order valence-corrected chi connectivity index (χ0v) is 15.8. The van der Waals surface area contributed by atoms with Gasteiger partial charge in [0.15, 0.2) is 0 Å². The van der Waals surface area contributed by atoms with E-state index in [0.29, 0.717) is 5.91 Å². The van der Waals surface area contributed by atoms with Crippen LogP contribution in [0.1, 0.15) is 57.8 Å². The summed E-state index contributed by atoms with van der Waals surface area (Å²) in [6.45, 7) is 4.48. The number of hydrogen-bond donors (Lipinski definition) is 1. The van der Waals surface area contributed by atoms with Gasteiger partial charge >= 0.3 is 0 Å². The number of nitrogens with zero attached hydrogens (tertiary/aromatic N) is 2. The highest BCUT2D eigenvalue weighted by molar-refractivity contribution is 5.85. The van der Waals surface area contributed by atoms with Crippen molar-refractivity contribution < 1.29 is 4.79 Å². The van der Waals surface area contributed by atoms with E-state index in [-0.39, 0.29) is 36.8 Å². The van der Waals surface area contributed by atoms with Crippen LogP contribution in [-0.2, 0) is 4.79 Å². The second kappa shape index (κ2) is 10.1. The van der Waals surface area contributed by atoms with E-state index < -0.39 is 0 Å². The molecular formula is C17H33Cl2N3O. The lowest BCUT2D eigenvalue weighted by Gasteiger charge is -2.41. The normalized spacial score (nSPS) is 30.2. The van der Waals surface area contributed by atoms with Crippen LogP contribution in [0.25, 0.3) is 0 Å². The number of piperidine rings is 2. The van der Waals surface area contributed by atoms with Crippen molar-refractivity contribution in [3.05, 3.63) is 0 Å². The second-order valence-corrected chi connectivity index (χ2v) is 7.28. The molecule has 0 aromatic carbocycles. The number of carbonyl (C=O) groups excluding carboxylic acids is 1. The van der Waals surface area contributed by atoms with Gasteiger partial charge in [-0.1, -0.05) is 12.8 Å². The van der Waals surface area contributed by atoms with E-state index in [0.717, 1.165) is 44.8 Å². The molecule has 0 aromatic heterocycles. The molecule has 2 aliphatic heterocycles. The van der Waals surface area contributed by atoms with Crippen molar-refractivity contribution in [3.8, 4) is 0 Å². The number of amides is 1. The highest BCUT2D eigenvalue weighted by Crippen LogP contribution is 2.27. The number of hydrogen-bond acceptors (Lipinski definition) is 3. The van der Waals surface area contributed by atoms with E-state index in [1.807, 2.05) is 0 Å². The van der Waals surface area contributed by atoms with Crippen molar-refractivity contribution in [2.45, 2.75) is 69.9 Å². The van der Waals surface area contributed by atoms with Crippen molar-refractivity contribution >= 4 is 30.7 Å². The quantitative estimate of drug-likeness (QED) is 0.818. The van der Waals surface area contributed by atoms with Crippen molar-refractivity contribution in [2.75, 3.05) is 26.2 Å². The third-order valence-electron chi connectivity index (χ3n) is 5.75. The fourth-order valence-electron chi connectivity index (χ4n) is 4.44. The van der Waals surface area contributed by atoms with E-state index in [4.69, 9.17) is 5.73 Å². The summed E-state index contributed by atoms with van der Waals surface area (Å²) in [7, 11) is 0. The van der Waals surface area contributed by atoms with Crippen molar-refractivity contribution in [1.82, 2.24) is 9.80 Å². The lowest BCUT2D eigenvalue weighted by atomic mass is 9.85. The predicted octanol–water partition coefficient (Wildman–Crippen LogP) is 2.82. The molecule has 2 atom stereocenters. The Bertz CT molecular complexity index is 356. The van der Waals surface area contributed by atoms with Gasteiger partial charge in [-0.3, -0.25) is 4.79 Å². The second-order valence-electron chi connectivity index (χ2n) is 7.28. The summed E-state index contributed by atoms with van der Waals surface area (Å²) < 4.78 is 0. The number of halogens is 2. The third kappa shape index (κ3) is 5.48. The first-order valence-corrected chi connectivity index (χ1v) is 9.02. The van der Waals surface area contributed by atoms with Gasteiger partial charge in [-0.05, 0) is 58.0 Å². The van der Waals surface area contributed by atoms with Crippen LogP contribution >= 0.6 is 24.8 Å². The lowest BCUT2D eigenvalue weighted by Crippen LogP contribution is -2.50. The maximum atomic E-state index is 12.6. The van der Waals surface area contributed by atoms with Gasteiger partial charge < -0.3 is 15.5 Å². The van der Waals surface area contributed by atoms with Gasteiger partial charge in [0, 0.05) is 31.1 Å². The molecule has 1 saturated carbocycles. The van der Waals surface area contributed by atoms with Crippen molar-refractivity contribution in [1.29, 1.82) is 0 Å². The van der Waals surface area contributed by atoms with Crippen LogP contribution in [0.3, 0.4) is 0 Å². The molecule has 3 aliphatic rings. The van der Waals surface area contributed by atoms with E-state index >= 15 is 0 Å². The highest BCUT2D eigenvalue weighted by atomic mass is 35.5. The van der Waals surface area contributed by atoms with Gasteiger partial charge in [0.1, 0.15) is 0 Å². The minimum atomic E-state index is 0. The molecule has 0 aromatic rings. The summed E-state index contributed by atoms with van der Waals surface area (Å²) >= 11 is 0. The lowest BCUT2D eigenvalue weighted by molar-refractivity contribution is -0.138. The van der Waals surface area contributed by atoms with Gasteiger partial charge in [-0.15, -0.1) is 24.8 Å². The standard InChI is InChI=1S/C17H31N3O.2ClH/c18-15-6-4-5-14(13-15)17(21)20-11-7-16(8-12-20)19-9-2-1-3-10-19;;/h14-16H,1-13,18H2;2*1H. The molecule has 0 spiro atoms. The van der Waals surface area contributed by atoms with E-state index in [1.165, 1.54) is 45.2 Å². The number of nitrogens with two attached hydrogens (primary N) is 1. The molecule has 23 heavy (non-hydrogen) atoms. The Morgan fingerprint density at radius 1 is 0.826 bits per heavy atom. The van der Waals surface area contributed by atoms with E-state index in [9.17, 15) is 4.79 Å². The molecule has 2 unspecified atom stereocenters. The molecule has 0 bridgehead atoms. The Morgan fingerprint density at radius 2 is 1.48 bits per heavy atom. The van der Waals surface area contributed by atoms with Crippen LogP contribution in [0.15, 0.2) is 0 Å². The summed E-state index contributed by atoms with van der Waals surface area (Å²) in [5, 5.41) is 0. The van der Waals surface area contributed by atoms with Crippen LogP contribution in [0.4, 0.5) is 0 Å². The average molecular weight is 366 g/mol. The molecule has 2 saturated heterocycles. The largest absolute Gasteiger partial charge is 0.342 e. The summed E-state index contributed by atoms with van der Waals surface area (Å²) in [6.07, 6.45) is 10.6. The minimum absolute atomic E-state index is 0. The maximum Gasteiger partial charge on any atom is 0.225 e. The molecule has 1 amide bonds. The molecule has 136 valence electrons. The SMILES string of the molecule is Cl.Cl.NC1CCCC(C(=O)N2CCC(N3CCCCC3)CC2)C1. The van der Waals surface area contributed by atoms with Crippen LogP contribution in [0.2, 0.25) is 0 Å². The summed E-state index contributed by atoms with van der Waals surface area (Å²) in [4.78, 5) is 17.4. The molecule has 2 N–H and O–H groups in total. The van der Waals surface area contributed by atoms with Gasteiger partial charge in [0.25, 0.3) is 0 Å². The van der Waals surface area contributed by atoms with E-state index in [1.54, 1.807) is 0 Å². The number of carbonyl (C=O) groups is 1. The molecule has 2 heterocycles. The van der Waals surface area contributed by atoms with Crippen LogP contribution in [-0.4, -0.2) is 54.0 Å². The average Bonchev–Trinajstić information content (AvgIpc) is 2.55. The van der Waals surface area contributed by atoms with Crippen molar-refractivity contribution in [3.63, 3.8) is 0 Å². The van der Waals surface area contributed by atoms with Gasteiger partial charge in [-0.2, -0.15) is 0 Å². The highest BCUT2D eigenvalue weighted by Gasteiger charge is 2.32. The van der Waals surface area contributed by atoms with Crippen LogP contribution < -0.4 is 5.73 Å². The van der Waals surface area contributed by atoms with Gasteiger partial charge in [0.05, 0.1) is 0 Å². The Kier molecular flexibility index (Phi) is 9.20.